The first-order valence-corrected chi connectivity index (χ1v) is 7.20. The molecule has 120 valence electrons. The number of esters is 1. The number of methoxy groups -OCH3 is 1. The molecule has 1 aromatic carbocycles. The first-order chi connectivity index (χ1) is 10.4. The van der Waals surface area contributed by atoms with E-state index >= 15 is 0 Å². The fourth-order valence-corrected chi connectivity index (χ4v) is 1.90. The van der Waals surface area contributed by atoms with Gasteiger partial charge < -0.3 is 10.1 Å². The summed E-state index contributed by atoms with van der Waals surface area (Å²) >= 11 is 0. The molecule has 0 aliphatic rings. The van der Waals surface area contributed by atoms with Crippen LogP contribution in [0.3, 0.4) is 0 Å². The van der Waals surface area contributed by atoms with Gasteiger partial charge in [-0.05, 0) is 30.5 Å². The van der Waals surface area contributed by atoms with E-state index in [1.807, 2.05) is 6.92 Å². The zero-order valence-corrected chi connectivity index (χ0v) is 13.3. The van der Waals surface area contributed by atoms with Crippen LogP contribution in [0.25, 0.3) is 6.08 Å². The minimum absolute atomic E-state index is 0.0119. The van der Waals surface area contributed by atoms with E-state index in [1.165, 1.54) is 25.3 Å². The minimum Gasteiger partial charge on any atom is -0.466 e. The van der Waals surface area contributed by atoms with Gasteiger partial charge in [-0.1, -0.05) is 26.3 Å². The summed E-state index contributed by atoms with van der Waals surface area (Å²) in [5.41, 5.74) is 1.04. The number of hydrogen-bond acceptors (Lipinski definition) is 5. The topological polar surface area (TPSA) is 81.5 Å². The molecule has 0 saturated heterocycles. The van der Waals surface area contributed by atoms with Crippen molar-refractivity contribution in [1.82, 2.24) is 0 Å². The van der Waals surface area contributed by atoms with Crippen molar-refractivity contribution in [3.05, 3.63) is 40.0 Å². The van der Waals surface area contributed by atoms with Crippen LogP contribution in [0.5, 0.6) is 0 Å². The number of nitrogens with one attached hydrogen (secondary N) is 1. The van der Waals surface area contributed by atoms with Crippen LogP contribution in [0.4, 0.5) is 11.4 Å². The van der Waals surface area contributed by atoms with E-state index in [9.17, 15) is 14.9 Å². The highest BCUT2D eigenvalue weighted by atomic mass is 16.6. The Bertz CT molecular complexity index is 569. The number of hydrogen-bond donors (Lipinski definition) is 1. The molecule has 0 amide bonds. The second-order valence-corrected chi connectivity index (χ2v) is 5.21. The fourth-order valence-electron chi connectivity index (χ4n) is 1.90. The lowest BCUT2D eigenvalue weighted by Gasteiger charge is -2.21. The van der Waals surface area contributed by atoms with Crippen molar-refractivity contribution < 1.29 is 14.5 Å². The van der Waals surface area contributed by atoms with Crippen LogP contribution in [0.2, 0.25) is 0 Å². The number of carbonyl (C=O) groups is 1. The second-order valence-electron chi connectivity index (χ2n) is 5.21. The van der Waals surface area contributed by atoms with Gasteiger partial charge in [0, 0.05) is 18.2 Å². The highest BCUT2D eigenvalue weighted by molar-refractivity contribution is 5.87. The molecule has 2 atom stereocenters. The Morgan fingerprint density at radius 3 is 2.68 bits per heavy atom. The highest BCUT2D eigenvalue weighted by Crippen LogP contribution is 2.28. The number of nitrogens with zero attached hydrogens (tertiary/aromatic N) is 1. The zero-order chi connectivity index (χ0) is 16.7. The number of rotatable bonds is 7. The third-order valence-corrected chi connectivity index (χ3v) is 3.71. The van der Waals surface area contributed by atoms with Crippen molar-refractivity contribution in [3.63, 3.8) is 0 Å². The molecule has 2 unspecified atom stereocenters. The Labute approximate surface area is 130 Å². The van der Waals surface area contributed by atoms with E-state index in [0.29, 0.717) is 17.2 Å². The molecule has 0 spiro atoms. The smallest absolute Gasteiger partial charge is 0.330 e. The van der Waals surface area contributed by atoms with Crippen LogP contribution in [0.15, 0.2) is 24.3 Å². The third-order valence-electron chi connectivity index (χ3n) is 3.71. The van der Waals surface area contributed by atoms with Crippen LogP contribution in [-0.4, -0.2) is 24.0 Å². The molecule has 6 heteroatoms. The van der Waals surface area contributed by atoms with Crippen molar-refractivity contribution >= 4 is 23.4 Å². The first-order valence-electron chi connectivity index (χ1n) is 7.20. The van der Waals surface area contributed by atoms with E-state index in [-0.39, 0.29) is 11.7 Å². The van der Waals surface area contributed by atoms with Gasteiger partial charge in [-0.25, -0.2) is 4.79 Å². The number of anilines is 1. The number of carbonyl (C=O) groups excluding carboxylic acids is 1. The van der Waals surface area contributed by atoms with Gasteiger partial charge >= 0.3 is 5.97 Å². The summed E-state index contributed by atoms with van der Waals surface area (Å²) in [5.74, 6) is -0.103. The van der Waals surface area contributed by atoms with Crippen LogP contribution in [0, 0.1) is 16.0 Å². The molecular weight excluding hydrogens is 284 g/mol. The summed E-state index contributed by atoms with van der Waals surface area (Å²) in [6.07, 6.45) is 3.70. The molecule has 0 aliphatic carbocycles. The van der Waals surface area contributed by atoms with Crippen LogP contribution in [0.1, 0.15) is 32.8 Å². The Hall–Kier alpha value is -2.37. The zero-order valence-electron chi connectivity index (χ0n) is 13.3. The number of ether oxygens (including phenoxy) is 1. The lowest BCUT2D eigenvalue weighted by molar-refractivity contribution is -0.384. The Morgan fingerprint density at radius 1 is 1.45 bits per heavy atom. The third kappa shape index (κ3) is 4.87. The molecule has 0 heterocycles. The SMILES string of the molecule is CCC(C)C(C)Nc1ccc(C=CC(=O)OC)cc1[N+](=O)[O-]. The first kappa shape index (κ1) is 17.7. The molecule has 0 aromatic heterocycles. The van der Waals surface area contributed by atoms with Crippen molar-refractivity contribution in [1.29, 1.82) is 0 Å². The predicted molar refractivity (Wildman–Crippen MR) is 86.7 cm³/mol. The number of benzene rings is 1. The molecule has 1 aromatic rings. The van der Waals surface area contributed by atoms with E-state index in [2.05, 4.69) is 23.9 Å². The van der Waals surface area contributed by atoms with Gasteiger partial charge in [0.05, 0.1) is 12.0 Å². The van der Waals surface area contributed by atoms with E-state index in [1.54, 1.807) is 12.1 Å². The molecule has 0 fully saturated rings. The van der Waals surface area contributed by atoms with Crippen molar-refractivity contribution in [2.24, 2.45) is 5.92 Å². The molecule has 22 heavy (non-hydrogen) atoms. The molecule has 6 nitrogen and oxygen atoms in total. The van der Waals surface area contributed by atoms with Crippen molar-refractivity contribution in [2.75, 3.05) is 12.4 Å². The Kier molecular flexibility index (Phi) is 6.56. The van der Waals surface area contributed by atoms with Gasteiger partial charge in [-0.2, -0.15) is 0 Å². The van der Waals surface area contributed by atoms with Gasteiger partial charge in [0.25, 0.3) is 5.69 Å². The largest absolute Gasteiger partial charge is 0.466 e. The van der Waals surface area contributed by atoms with Crippen molar-refractivity contribution in [3.8, 4) is 0 Å². The maximum atomic E-state index is 11.2. The average Bonchev–Trinajstić information content (AvgIpc) is 2.52. The molecule has 0 aliphatic heterocycles. The van der Waals surface area contributed by atoms with E-state index in [0.717, 1.165) is 6.42 Å². The highest BCUT2D eigenvalue weighted by Gasteiger charge is 2.18. The standard InChI is InChI=1S/C16H22N2O4/c1-5-11(2)12(3)17-14-8-6-13(7-9-16(19)22-4)10-15(14)18(20)21/h6-12,17H,5H2,1-4H3. The quantitative estimate of drug-likeness (QED) is 0.360. The predicted octanol–water partition coefficient (Wildman–Crippen LogP) is 3.63. The molecule has 0 saturated carbocycles. The van der Waals surface area contributed by atoms with E-state index < -0.39 is 10.9 Å². The normalized spacial score (nSPS) is 13.6. The second kappa shape index (κ2) is 8.17. The number of nitro benzene ring substituents is 1. The Morgan fingerprint density at radius 2 is 2.14 bits per heavy atom. The summed E-state index contributed by atoms with van der Waals surface area (Å²) < 4.78 is 4.49. The van der Waals surface area contributed by atoms with Crippen molar-refractivity contribution in [2.45, 2.75) is 33.2 Å². The Balaban J connectivity index is 3.03. The molecule has 0 radical (unpaired) electrons. The summed E-state index contributed by atoms with van der Waals surface area (Å²) in [6.45, 7) is 6.18. The van der Waals surface area contributed by atoms with Gasteiger partial charge in [-0.3, -0.25) is 10.1 Å². The minimum atomic E-state index is -0.504. The van der Waals surface area contributed by atoms with Crippen LogP contribution < -0.4 is 5.32 Å². The van der Waals surface area contributed by atoms with Crippen LogP contribution >= 0.6 is 0 Å². The maximum Gasteiger partial charge on any atom is 0.330 e. The molecular formula is C16H22N2O4. The van der Waals surface area contributed by atoms with Gasteiger partial charge in [0.2, 0.25) is 0 Å². The molecule has 1 N–H and O–H groups in total. The average molecular weight is 306 g/mol. The lowest BCUT2D eigenvalue weighted by atomic mass is 10.0. The maximum absolute atomic E-state index is 11.2. The summed E-state index contributed by atoms with van der Waals surface area (Å²) in [4.78, 5) is 21.9. The van der Waals surface area contributed by atoms with Gasteiger partial charge in [0.1, 0.15) is 5.69 Å². The molecule has 0 bridgehead atoms. The summed E-state index contributed by atoms with van der Waals surface area (Å²) in [7, 11) is 1.28. The fraction of sp³-hybridized carbons (Fsp3) is 0.438. The van der Waals surface area contributed by atoms with Crippen LogP contribution in [-0.2, 0) is 9.53 Å². The number of nitro groups is 1. The lowest BCUT2D eigenvalue weighted by Crippen LogP contribution is -2.23. The van der Waals surface area contributed by atoms with Gasteiger partial charge in [-0.15, -0.1) is 0 Å². The summed E-state index contributed by atoms with van der Waals surface area (Å²) in [6, 6.07) is 4.94. The van der Waals surface area contributed by atoms with E-state index in [4.69, 9.17) is 0 Å². The monoisotopic (exact) mass is 306 g/mol. The summed E-state index contributed by atoms with van der Waals surface area (Å²) in [5, 5.41) is 14.4. The molecule has 1 rings (SSSR count). The van der Waals surface area contributed by atoms with Gasteiger partial charge in [0.15, 0.2) is 0 Å².